The average molecular weight is 440 g/mol. The third-order valence-electron chi connectivity index (χ3n) is 3.89. The van der Waals surface area contributed by atoms with E-state index >= 15 is 0 Å². The van der Waals surface area contributed by atoms with E-state index in [0.29, 0.717) is 0 Å². The maximum Gasteiger partial charge on any atom is 0.435 e. The molecule has 0 spiro atoms. The van der Waals surface area contributed by atoms with Crippen LogP contribution < -0.4 is 0 Å². The van der Waals surface area contributed by atoms with Crippen molar-refractivity contribution in [3.63, 3.8) is 0 Å². The summed E-state index contributed by atoms with van der Waals surface area (Å²) in [5, 5.41) is 12.1. The van der Waals surface area contributed by atoms with E-state index in [0.717, 1.165) is 18.2 Å². The number of rotatable bonds is 3. The zero-order valence-corrected chi connectivity index (χ0v) is 15.3. The van der Waals surface area contributed by atoms with E-state index in [2.05, 4.69) is 10.1 Å². The van der Waals surface area contributed by atoms with Gasteiger partial charge in [0.25, 0.3) is 5.60 Å². The van der Waals surface area contributed by atoms with Gasteiger partial charge in [0, 0.05) is 15.6 Å². The van der Waals surface area contributed by atoms with Crippen LogP contribution in [-0.2, 0) is 10.4 Å². The fourth-order valence-electron chi connectivity index (χ4n) is 2.58. The average Bonchev–Trinajstić information content (AvgIpc) is 3.00. The van der Waals surface area contributed by atoms with Crippen molar-refractivity contribution in [2.75, 3.05) is 0 Å². The molecule has 0 aliphatic carbocycles. The molecule has 27 heavy (non-hydrogen) atoms. The molecule has 2 aromatic rings. The van der Waals surface area contributed by atoms with Crippen molar-refractivity contribution < 1.29 is 27.9 Å². The zero-order valence-electron chi connectivity index (χ0n) is 13.0. The third-order valence-corrected chi connectivity index (χ3v) is 4.61. The van der Waals surface area contributed by atoms with Crippen LogP contribution in [0, 0.1) is 0 Å². The first-order valence-corrected chi connectivity index (χ1v) is 8.35. The Balaban J connectivity index is 2.02. The molecule has 0 bridgehead atoms. The van der Waals surface area contributed by atoms with Crippen LogP contribution in [0.15, 0.2) is 35.5 Å². The molecule has 5 nitrogen and oxygen atoms in total. The summed E-state index contributed by atoms with van der Waals surface area (Å²) in [5.74, 6) is -1.32. The number of benzene rings is 1. The quantitative estimate of drug-likeness (QED) is 0.657. The molecule has 11 heteroatoms. The fourth-order valence-corrected chi connectivity index (χ4v) is 3.34. The largest absolute Gasteiger partial charge is 0.478 e. The van der Waals surface area contributed by atoms with Crippen LogP contribution in [0.4, 0.5) is 13.2 Å². The number of hydrogen-bond acceptors (Lipinski definition) is 4. The van der Waals surface area contributed by atoms with Crippen LogP contribution in [0.5, 0.6) is 0 Å². The first-order chi connectivity index (χ1) is 12.5. The van der Waals surface area contributed by atoms with Crippen molar-refractivity contribution in [3.8, 4) is 0 Å². The lowest BCUT2D eigenvalue weighted by molar-refractivity contribution is -0.275. The van der Waals surface area contributed by atoms with E-state index in [-0.39, 0.29) is 37.7 Å². The van der Waals surface area contributed by atoms with Gasteiger partial charge in [0.1, 0.15) is 10.9 Å². The predicted octanol–water partition coefficient (Wildman–Crippen LogP) is 5.32. The van der Waals surface area contributed by atoms with Crippen molar-refractivity contribution in [2.24, 2.45) is 5.16 Å². The highest BCUT2D eigenvalue weighted by atomic mass is 35.5. The molecule has 0 radical (unpaired) electrons. The standard InChI is InChI=1S/C16H8Cl3F3N2O3/c17-8-3-7(4-9(18)5-8)15(16(20,21)22)6-12(24-27-15)11-2-1-10(14(25)26)13(19)23-11/h1-5H,6H2,(H,25,26). The van der Waals surface area contributed by atoms with Crippen LogP contribution in [0.25, 0.3) is 0 Å². The SMILES string of the molecule is O=C(O)c1ccc(C2=NOC(c3cc(Cl)cc(Cl)c3)(C(F)(F)F)C2)nc1Cl. The lowest BCUT2D eigenvalue weighted by atomic mass is 9.87. The van der Waals surface area contributed by atoms with Gasteiger partial charge in [-0.05, 0) is 30.3 Å². The second-order valence-corrected chi connectivity index (χ2v) is 6.86. The van der Waals surface area contributed by atoms with Crippen LogP contribution >= 0.6 is 34.8 Å². The van der Waals surface area contributed by atoms with E-state index < -0.39 is 24.2 Å². The molecule has 1 atom stereocenters. The van der Waals surface area contributed by atoms with E-state index in [4.69, 9.17) is 44.7 Å². The molecule has 3 rings (SSSR count). The molecular formula is C16H8Cl3F3N2O3. The van der Waals surface area contributed by atoms with Crippen molar-refractivity contribution in [1.82, 2.24) is 4.98 Å². The molecule has 0 saturated heterocycles. The fraction of sp³-hybridized carbons (Fsp3) is 0.188. The number of halogens is 6. The number of carboxylic acid groups (broad SMARTS) is 1. The van der Waals surface area contributed by atoms with Crippen LogP contribution in [0.2, 0.25) is 15.2 Å². The molecule has 142 valence electrons. The number of carbonyl (C=O) groups is 1. The molecule has 2 heterocycles. The van der Waals surface area contributed by atoms with Crippen molar-refractivity contribution in [2.45, 2.75) is 18.2 Å². The smallest absolute Gasteiger partial charge is 0.435 e. The minimum absolute atomic E-state index is 0.00477. The van der Waals surface area contributed by atoms with Gasteiger partial charge in [0.2, 0.25) is 0 Å². The summed E-state index contributed by atoms with van der Waals surface area (Å²) >= 11 is 17.4. The van der Waals surface area contributed by atoms with Crippen molar-refractivity contribution in [1.29, 1.82) is 0 Å². The first-order valence-electron chi connectivity index (χ1n) is 7.22. The molecule has 1 N–H and O–H groups in total. The summed E-state index contributed by atoms with van der Waals surface area (Å²) in [6.07, 6.45) is -5.57. The maximum atomic E-state index is 13.9. The molecular weight excluding hydrogens is 432 g/mol. The number of alkyl halides is 3. The third kappa shape index (κ3) is 3.56. The Morgan fingerprint density at radius 3 is 2.30 bits per heavy atom. The molecule has 1 unspecified atom stereocenters. The van der Waals surface area contributed by atoms with E-state index in [9.17, 15) is 18.0 Å². The van der Waals surface area contributed by atoms with Crippen LogP contribution in [-0.4, -0.2) is 27.9 Å². The van der Waals surface area contributed by atoms with Gasteiger partial charge in [-0.15, -0.1) is 0 Å². The summed E-state index contributed by atoms with van der Waals surface area (Å²) in [7, 11) is 0. The molecule has 0 amide bonds. The van der Waals surface area contributed by atoms with Gasteiger partial charge in [-0.2, -0.15) is 13.2 Å². The minimum Gasteiger partial charge on any atom is -0.478 e. The molecule has 0 fully saturated rings. The number of carboxylic acids is 1. The van der Waals surface area contributed by atoms with Crippen LogP contribution in [0.3, 0.4) is 0 Å². The highest BCUT2D eigenvalue weighted by Crippen LogP contribution is 2.49. The van der Waals surface area contributed by atoms with Crippen molar-refractivity contribution >= 4 is 46.5 Å². The van der Waals surface area contributed by atoms with Crippen LogP contribution in [0.1, 0.15) is 28.0 Å². The Labute approximate surface area is 165 Å². The minimum atomic E-state index is -4.85. The summed E-state index contributed by atoms with van der Waals surface area (Å²) in [5.41, 5.74) is -3.61. The number of pyridine rings is 1. The van der Waals surface area contributed by atoms with Gasteiger partial charge < -0.3 is 9.94 Å². The summed E-state index contributed by atoms with van der Waals surface area (Å²) in [4.78, 5) is 19.6. The monoisotopic (exact) mass is 438 g/mol. The Kier molecular flexibility index (Phi) is 5.00. The van der Waals surface area contributed by atoms with Gasteiger partial charge in [0.15, 0.2) is 0 Å². The summed E-state index contributed by atoms with van der Waals surface area (Å²) < 4.78 is 41.7. The highest BCUT2D eigenvalue weighted by Gasteiger charge is 2.62. The number of aromatic nitrogens is 1. The van der Waals surface area contributed by atoms with Gasteiger partial charge in [0.05, 0.1) is 17.7 Å². The topological polar surface area (TPSA) is 71.8 Å². The number of oxime groups is 1. The second kappa shape index (κ2) is 6.85. The zero-order chi connectivity index (χ0) is 20.0. The molecule has 1 aliphatic heterocycles. The Bertz CT molecular complexity index is 945. The maximum absolute atomic E-state index is 13.9. The number of hydrogen-bond donors (Lipinski definition) is 1. The molecule has 0 saturated carbocycles. The molecule has 1 aliphatic rings. The predicted molar refractivity (Wildman–Crippen MR) is 92.6 cm³/mol. The molecule has 1 aromatic heterocycles. The van der Waals surface area contributed by atoms with E-state index in [1.807, 2.05) is 0 Å². The van der Waals surface area contributed by atoms with E-state index in [1.165, 1.54) is 12.1 Å². The first kappa shape index (κ1) is 19.7. The Morgan fingerprint density at radius 2 is 1.78 bits per heavy atom. The Hall–Kier alpha value is -2.03. The second-order valence-electron chi connectivity index (χ2n) is 5.63. The molecule has 1 aromatic carbocycles. The number of aromatic carboxylic acids is 1. The van der Waals surface area contributed by atoms with Gasteiger partial charge >= 0.3 is 12.1 Å². The Morgan fingerprint density at radius 1 is 1.15 bits per heavy atom. The normalized spacial score (nSPS) is 19.6. The lowest BCUT2D eigenvalue weighted by Gasteiger charge is -2.29. The van der Waals surface area contributed by atoms with Crippen molar-refractivity contribution in [3.05, 3.63) is 62.4 Å². The van der Waals surface area contributed by atoms with E-state index in [1.54, 1.807) is 0 Å². The summed E-state index contributed by atoms with van der Waals surface area (Å²) in [6, 6.07) is 5.80. The summed E-state index contributed by atoms with van der Waals surface area (Å²) in [6.45, 7) is 0. The van der Waals surface area contributed by atoms with Gasteiger partial charge in [-0.25, -0.2) is 9.78 Å². The lowest BCUT2D eigenvalue weighted by Crippen LogP contribution is -2.42. The van der Waals surface area contributed by atoms with Gasteiger partial charge in [-0.1, -0.05) is 40.0 Å². The van der Waals surface area contributed by atoms with Gasteiger partial charge in [-0.3, -0.25) is 0 Å². The highest BCUT2D eigenvalue weighted by molar-refractivity contribution is 6.34. The number of nitrogens with zero attached hydrogens (tertiary/aromatic N) is 2.